The van der Waals surface area contributed by atoms with Gasteiger partial charge in [-0.1, -0.05) is 6.07 Å². The maximum absolute atomic E-state index is 12.5. The summed E-state index contributed by atoms with van der Waals surface area (Å²) in [7, 11) is -2.14. The first kappa shape index (κ1) is 17.9. The van der Waals surface area contributed by atoms with Crippen LogP contribution in [-0.2, 0) is 26.0 Å². The molecule has 0 aliphatic carbocycles. The van der Waals surface area contributed by atoms with E-state index in [1.165, 1.54) is 18.4 Å². The molecule has 0 spiro atoms. The molecule has 8 heteroatoms. The van der Waals surface area contributed by atoms with Crippen LogP contribution in [0.15, 0.2) is 34.5 Å². The second-order valence-electron chi connectivity index (χ2n) is 5.90. The van der Waals surface area contributed by atoms with Crippen molar-refractivity contribution in [2.75, 3.05) is 29.9 Å². The smallest absolute Gasteiger partial charge is 0.271 e. The highest BCUT2D eigenvalue weighted by Gasteiger charge is 2.24. The number of ether oxygens (including phenoxy) is 1. The van der Waals surface area contributed by atoms with E-state index in [1.54, 1.807) is 29.2 Å². The first-order valence-electron chi connectivity index (χ1n) is 7.92. The van der Waals surface area contributed by atoms with E-state index in [4.69, 9.17) is 4.74 Å². The van der Waals surface area contributed by atoms with Crippen LogP contribution in [0.4, 0.5) is 11.4 Å². The van der Waals surface area contributed by atoms with Crippen LogP contribution in [0.25, 0.3) is 0 Å². The van der Waals surface area contributed by atoms with Gasteiger partial charge in [0.25, 0.3) is 15.9 Å². The number of fused-ring (bicyclic) bond motifs is 1. The fraction of sp³-hybridized carbons (Fsp3) is 0.353. The number of methoxy groups -OCH3 is 1. The lowest BCUT2D eigenvalue weighted by Crippen LogP contribution is -2.37. The minimum Gasteiger partial charge on any atom is -0.375 e. The van der Waals surface area contributed by atoms with Gasteiger partial charge in [0.15, 0.2) is 0 Å². The summed E-state index contributed by atoms with van der Waals surface area (Å²) in [6.07, 6.45) is 1.74. The Labute approximate surface area is 151 Å². The number of benzene rings is 1. The highest BCUT2D eigenvalue weighted by Crippen LogP contribution is 2.31. The van der Waals surface area contributed by atoms with E-state index in [0.717, 1.165) is 29.0 Å². The van der Waals surface area contributed by atoms with Gasteiger partial charge in [-0.15, -0.1) is 11.3 Å². The van der Waals surface area contributed by atoms with E-state index in [0.29, 0.717) is 12.2 Å². The Bertz CT molecular complexity index is 890. The van der Waals surface area contributed by atoms with Gasteiger partial charge in [-0.3, -0.25) is 9.52 Å². The molecule has 1 aromatic heterocycles. The van der Waals surface area contributed by atoms with Crippen LogP contribution in [0.3, 0.4) is 0 Å². The maximum Gasteiger partial charge on any atom is 0.271 e. The van der Waals surface area contributed by atoms with E-state index in [2.05, 4.69) is 4.72 Å². The topological polar surface area (TPSA) is 75.7 Å². The zero-order valence-corrected chi connectivity index (χ0v) is 15.7. The van der Waals surface area contributed by atoms with Gasteiger partial charge in [-0.2, -0.15) is 0 Å². The molecule has 0 saturated carbocycles. The molecule has 6 nitrogen and oxygen atoms in total. The maximum atomic E-state index is 12.5. The lowest BCUT2D eigenvalue weighted by atomic mass is 10.0. The number of carbonyl (C=O) groups is 1. The average molecular weight is 380 g/mol. The molecule has 0 saturated heterocycles. The molecule has 0 fully saturated rings. The van der Waals surface area contributed by atoms with Crippen LogP contribution in [-0.4, -0.2) is 34.6 Å². The molecule has 2 heterocycles. The van der Waals surface area contributed by atoms with Crippen molar-refractivity contribution in [3.63, 3.8) is 0 Å². The van der Waals surface area contributed by atoms with Crippen molar-refractivity contribution in [2.24, 2.45) is 0 Å². The molecule has 1 N–H and O–H groups in total. The number of rotatable bonds is 5. The molecule has 0 radical (unpaired) electrons. The zero-order chi connectivity index (χ0) is 18.0. The number of hydrogen-bond donors (Lipinski definition) is 1. The van der Waals surface area contributed by atoms with Gasteiger partial charge in [0.1, 0.15) is 10.8 Å². The number of amides is 1. The largest absolute Gasteiger partial charge is 0.375 e. The number of aryl methyl sites for hydroxylation is 2. The summed E-state index contributed by atoms with van der Waals surface area (Å²) in [5.74, 6) is -0.127. The van der Waals surface area contributed by atoms with Crippen LogP contribution in [0.5, 0.6) is 0 Å². The second kappa shape index (κ2) is 7.15. The summed E-state index contributed by atoms with van der Waals surface area (Å²) in [5.41, 5.74) is 2.23. The molecular formula is C17H20N2O4S2. The van der Waals surface area contributed by atoms with Crippen molar-refractivity contribution in [2.45, 2.75) is 24.0 Å². The number of anilines is 2. The summed E-state index contributed by atoms with van der Waals surface area (Å²) in [5, 5.41) is 0. The van der Waals surface area contributed by atoms with Gasteiger partial charge < -0.3 is 9.64 Å². The molecule has 134 valence electrons. The molecule has 1 aliphatic heterocycles. The van der Waals surface area contributed by atoms with Crippen molar-refractivity contribution in [3.8, 4) is 0 Å². The highest BCUT2D eigenvalue weighted by atomic mass is 32.2. The Hall–Kier alpha value is -1.90. The van der Waals surface area contributed by atoms with E-state index in [-0.39, 0.29) is 16.7 Å². The monoisotopic (exact) mass is 380 g/mol. The van der Waals surface area contributed by atoms with Gasteiger partial charge in [0, 0.05) is 24.2 Å². The van der Waals surface area contributed by atoms with Crippen molar-refractivity contribution in [1.82, 2.24) is 0 Å². The zero-order valence-electron chi connectivity index (χ0n) is 14.1. The number of carbonyl (C=O) groups excluding carboxylic acids is 1. The van der Waals surface area contributed by atoms with Crippen LogP contribution < -0.4 is 9.62 Å². The van der Waals surface area contributed by atoms with E-state index in [1.807, 2.05) is 13.0 Å². The molecule has 3 rings (SSSR count). The number of thiophene rings is 1. The minimum atomic E-state index is -3.63. The number of hydrogen-bond acceptors (Lipinski definition) is 5. The Morgan fingerprint density at radius 3 is 2.80 bits per heavy atom. The predicted octanol–water partition coefficient (Wildman–Crippen LogP) is 2.78. The molecule has 0 atom stereocenters. The van der Waals surface area contributed by atoms with Crippen LogP contribution in [0.2, 0.25) is 0 Å². The predicted molar refractivity (Wildman–Crippen MR) is 98.9 cm³/mol. The van der Waals surface area contributed by atoms with Crippen molar-refractivity contribution >= 4 is 38.6 Å². The van der Waals surface area contributed by atoms with E-state index >= 15 is 0 Å². The lowest BCUT2D eigenvalue weighted by molar-refractivity contribution is -0.122. The summed E-state index contributed by atoms with van der Waals surface area (Å²) in [4.78, 5) is 14.8. The molecule has 0 bridgehead atoms. The Morgan fingerprint density at radius 1 is 1.32 bits per heavy atom. The quantitative estimate of drug-likeness (QED) is 0.865. The SMILES string of the molecule is COCC(=O)N1CCCc2ccc(NS(=O)(=O)c3ccc(C)s3)cc21. The minimum absolute atomic E-state index is 0.00384. The van der Waals surface area contributed by atoms with Gasteiger partial charge in [0.05, 0.1) is 5.69 Å². The van der Waals surface area contributed by atoms with Crippen LogP contribution >= 0.6 is 11.3 Å². The Balaban J connectivity index is 1.89. The Kier molecular flexibility index (Phi) is 5.12. The fourth-order valence-corrected chi connectivity index (χ4v) is 5.19. The average Bonchev–Trinajstić information content (AvgIpc) is 3.01. The second-order valence-corrected chi connectivity index (χ2v) is 9.09. The summed E-state index contributed by atoms with van der Waals surface area (Å²) in [6.45, 7) is 2.47. The van der Waals surface area contributed by atoms with Crippen molar-refractivity contribution < 1.29 is 17.9 Å². The van der Waals surface area contributed by atoms with Crippen molar-refractivity contribution in [1.29, 1.82) is 0 Å². The van der Waals surface area contributed by atoms with Gasteiger partial charge in [-0.05, 0) is 49.6 Å². The van der Waals surface area contributed by atoms with E-state index < -0.39 is 10.0 Å². The third-order valence-corrected chi connectivity index (χ3v) is 6.88. The molecule has 1 aliphatic rings. The van der Waals surface area contributed by atoms with E-state index in [9.17, 15) is 13.2 Å². The van der Waals surface area contributed by atoms with Gasteiger partial charge in [0.2, 0.25) is 0 Å². The normalized spacial score (nSPS) is 14.2. The van der Waals surface area contributed by atoms with Crippen LogP contribution in [0, 0.1) is 6.92 Å². The molecule has 25 heavy (non-hydrogen) atoms. The Morgan fingerprint density at radius 2 is 2.12 bits per heavy atom. The summed E-state index contributed by atoms with van der Waals surface area (Å²) < 4.78 is 32.8. The standard InChI is InChI=1S/C17H20N2O4S2/c1-12-5-8-17(24-12)25(21,22)18-14-7-6-13-4-3-9-19(15(13)10-14)16(20)11-23-2/h5-8,10,18H,3-4,9,11H2,1-2H3. The number of nitrogens with zero attached hydrogens (tertiary/aromatic N) is 1. The first-order valence-corrected chi connectivity index (χ1v) is 10.2. The molecule has 2 aromatic rings. The number of nitrogens with one attached hydrogen (secondary N) is 1. The lowest BCUT2D eigenvalue weighted by Gasteiger charge is -2.29. The third kappa shape index (κ3) is 3.86. The summed E-state index contributed by atoms with van der Waals surface area (Å²) in [6, 6.07) is 8.70. The number of sulfonamides is 1. The van der Waals surface area contributed by atoms with Gasteiger partial charge >= 0.3 is 0 Å². The highest BCUT2D eigenvalue weighted by molar-refractivity contribution is 7.94. The third-order valence-electron chi connectivity index (χ3n) is 4.01. The molecule has 1 amide bonds. The van der Waals surface area contributed by atoms with Gasteiger partial charge in [-0.25, -0.2) is 8.42 Å². The van der Waals surface area contributed by atoms with Crippen molar-refractivity contribution in [3.05, 3.63) is 40.8 Å². The molecule has 1 aromatic carbocycles. The first-order chi connectivity index (χ1) is 11.9. The summed E-state index contributed by atoms with van der Waals surface area (Å²) >= 11 is 1.22. The fourth-order valence-electron chi connectivity index (χ4n) is 2.86. The molecule has 0 unspecified atom stereocenters. The molecular weight excluding hydrogens is 360 g/mol. The van der Waals surface area contributed by atoms with Crippen LogP contribution in [0.1, 0.15) is 16.9 Å².